The largest absolute Gasteiger partial charge is 0.325 e. The lowest BCUT2D eigenvalue weighted by atomic mass is 10.1. The number of hydrogen-bond donors (Lipinski definition) is 2. The summed E-state index contributed by atoms with van der Waals surface area (Å²) in [7, 11) is 0. The Labute approximate surface area is 199 Å². The molecule has 1 aromatic heterocycles. The minimum absolute atomic E-state index is 0.0739. The smallest absolute Gasteiger partial charge is 0.234 e. The maximum absolute atomic E-state index is 12.6. The molecule has 0 bridgehead atoms. The molecule has 0 radical (unpaired) electrons. The molecule has 0 saturated heterocycles. The van der Waals surface area contributed by atoms with E-state index in [1.807, 2.05) is 55.5 Å². The van der Waals surface area contributed by atoms with Crippen molar-refractivity contribution in [1.29, 1.82) is 0 Å². The van der Waals surface area contributed by atoms with Crippen LogP contribution in [0.25, 0.3) is 0 Å². The summed E-state index contributed by atoms with van der Waals surface area (Å²) >= 11 is 4.63. The van der Waals surface area contributed by atoms with Crippen molar-refractivity contribution in [3.8, 4) is 0 Å². The van der Waals surface area contributed by atoms with Gasteiger partial charge in [-0.15, -0.1) is 16.8 Å². The van der Waals surface area contributed by atoms with E-state index >= 15 is 0 Å². The van der Waals surface area contributed by atoms with Crippen molar-refractivity contribution in [3.05, 3.63) is 77.0 Å². The Kier molecular flexibility index (Phi) is 8.64. The summed E-state index contributed by atoms with van der Waals surface area (Å²) in [6.45, 7) is 6.26. The van der Waals surface area contributed by atoms with Gasteiger partial charge in [0.1, 0.15) is 5.82 Å². The van der Waals surface area contributed by atoms with Crippen LogP contribution in [0.1, 0.15) is 18.3 Å². The van der Waals surface area contributed by atoms with Gasteiger partial charge < -0.3 is 15.2 Å². The summed E-state index contributed by atoms with van der Waals surface area (Å²) in [6.07, 6.45) is 2.61. The van der Waals surface area contributed by atoms with E-state index in [9.17, 15) is 9.59 Å². The van der Waals surface area contributed by atoms with Crippen molar-refractivity contribution < 1.29 is 9.59 Å². The number of aromatic nitrogens is 3. The molecule has 7 nitrogen and oxygen atoms in total. The minimum Gasteiger partial charge on any atom is -0.325 e. The first kappa shape index (κ1) is 23.7. The molecule has 9 heteroatoms. The number of carbonyl (C=O) groups is 2. The average molecular weight is 514 g/mol. The van der Waals surface area contributed by atoms with E-state index in [1.54, 1.807) is 10.6 Å². The van der Waals surface area contributed by atoms with E-state index < -0.39 is 0 Å². The molecule has 3 rings (SSSR count). The van der Waals surface area contributed by atoms with Crippen LogP contribution >= 0.6 is 27.7 Å². The molecular weight excluding hydrogens is 490 g/mol. The molecular formula is C23H24BrN5O2S. The van der Waals surface area contributed by atoms with Crippen molar-refractivity contribution >= 4 is 50.9 Å². The first-order valence-corrected chi connectivity index (χ1v) is 11.9. The highest BCUT2D eigenvalue weighted by Gasteiger charge is 2.17. The molecule has 0 spiro atoms. The lowest BCUT2D eigenvalue weighted by molar-refractivity contribution is -0.116. The first-order valence-electron chi connectivity index (χ1n) is 10.1. The van der Waals surface area contributed by atoms with Crippen LogP contribution in [0.3, 0.4) is 0 Å². The summed E-state index contributed by atoms with van der Waals surface area (Å²) in [5.74, 6) is 0.364. The van der Waals surface area contributed by atoms with Gasteiger partial charge in [0, 0.05) is 22.4 Å². The molecule has 166 valence electrons. The third kappa shape index (κ3) is 6.54. The molecule has 32 heavy (non-hydrogen) atoms. The second kappa shape index (κ2) is 11.6. The summed E-state index contributed by atoms with van der Waals surface area (Å²) in [4.78, 5) is 24.9. The van der Waals surface area contributed by atoms with Gasteiger partial charge in [-0.05, 0) is 42.3 Å². The summed E-state index contributed by atoms with van der Waals surface area (Å²) in [6, 6.07) is 15.1. The zero-order valence-corrected chi connectivity index (χ0v) is 20.1. The van der Waals surface area contributed by atoms with Gasteiger partial charge >= 0.3 is 0 Å². The van der Waals surface area contributed by atoms with Crippen LogP contribution in [-0.4, -0.2) is 32.3 Å². The highest BCUT2D eigenvalue weighted by Crippen LogP contribution is 2.20. The number of thioether (sulfide) groups is 1. The normalized spacial score (nSPS) is 10.6. The molecule has 2 N–H and O–H groups in total. The number of rotatable bonds is 10. The lowest BCUT2D eigenvalue weighted by Gasteiger charge is -2.11. The number of allylic oxidation sites excluding steroid dienone is 1. The molecule has 0 atom stereocenters. The maximum Gasteiger partial charge on any atom is 0.234 e. The number of amides is 2. The van der Waals surface area contributed by atoms with E-state index in [0.29, 0.717) is 17.5 Å². The third-order valence-electron chi connectivity index (χ3n) is 4.56. The summed E-state index contributed by atoms with van der Waals surface area (Å²) in [5, 5.41) is 14.7. The molecule has 0 fully saturated rings. The molecule has 1 heterocycles. The third-order valence-corrected chi connectivity index (χ3v) is 6.05. The average Bonchev–Trinajstić information content (AvgIpc) is 3.15. The van der Waals surface area contributed by atoms with Crippen molar-refractivity contribution in [3.63, 3.8) is 0 Å². The van der Waals surface area contributed by atoms with Gasteiger partial charge in [-0.1, -0.05) is 58.9 Å². The van der Waals surface area contributed by atoms with E-state index in [4.69, 9.17) is 0 Å². The number of para-hydroxylation sites is 1. The number of carbonyl (C=O) groups excluding carboxylic acids is 2. The highest BCUT2D eigenvalue weighted by atomic mass is 79.9. The Morgan fingerprint density at radius 2 is 1.84 bits per heavy atom. The Hall–Kier alpha value is -2.91. The number of nitrogens with one attached hydrogen (secondary N) is 2. The molecule has 0 aliphatic carbocycles. The van der Waals surface area contributed by atoms with Gasteiger partial charge in [0.15, 0.2) is 5.16 Å². The molecule has 0 unspecified atom stereocenters. The van der Waals surface area contributed by atoms with Gasteiger partial charge in [0.25, 0.3) is 0 Å². The second-order valence-corrected chi connectivity index (χ2v) is 8.74. The van der Waals surface area contributed by atoms with E-state index in [1.165, 1.54) is 11.8 Å². The fraction of sp³-hybridized carbons (Fsp3) is 0.217. The Morgan fingerprint density at radius 3 is 2.56 bits per heavy atom. The number of anilines is 2. The Balaban J connectivity index is 1.62. The fourth-order valence-corrected chi connectivity index (χ4v) is 4.05. The highest BCUT2D eigenvalue weighted by molar-refractivity contribution is 9.10. The molecule has 0 saturated carbocycles. The lowest BCUT2D eigenvalue weighted by Crippen LogP contribution is -2.19. The Bertz CT molecular complexity index is 1100. The molecule has 0 aliphatic rings. The van der Waals surface area contributed by atoms with Crippen molar-refractivity contribution in [2.24, 2.45) is 0 Å². The molecule has 3 aromatic rings. The minimum atomic E-state index is -0.173. The van der Waals surface area contributed by atoms with Crippen LogP contribution in [0.5, 0.6) is 0 Å². The van der Waals surface area contributed by atoms with Gasteiger partial charge in [-0.3, -0.25) is 9.59 Å². The molecule has 0 aliphatic heterocycles. The van der Waals surface area contributed by atoms with E-state index in [2.05, 4.69) is 43.3 Å². The topological polar surface area (TPSA) is 88.9 Å². The zero-order valence-electron chi connectivity index (χ0n) is 17.7. The van der Waals surface area contributed by atoms with Crippen LogP contribution in [0.15, 0.2) is 70.8 Å². The molecule has 2 aromatic carbocycles. The predicted molar refractivity (Wildman–Crippen MR) is 132 cm³/mol. The van der Waals surface area contributed by atoms with Gasteiger partial charge in [0.2, 0.25) is 11.8 Å². The van der Waals surface area contributed by atoms with Crippen molar-refractivity contribution in [2.75, 3.05) is 16.4 Å². The zero-order chi connectivity index (χ0) is 22.9. The van der Waals surface area contributed by atoms with E-state index in [0.717, 1.165) is 27.8 Å². The Morgan fingerprint density at radius 1 is 1.09 bits per heavy atom. The van der Waals surface area contributed by atoms with Crippen molar-refractivity contribution in [2.45, 2.75) is 31.5 Å². The van der Waals surface area contributed by atoms with Gasteiger partial charge in [-0.25, -0.2) is 0 Å². The van der Waals surface area contributed by atoms with Crippen molar-refractivity contribution in [1.82, 2.24) is 14.8 Å². The maximum atomic E-state index is 12.6. The predicted octanol–water partition coefficient (Wildman–Crippen LogP) is 4.70. The SMILES string of the molecule is C=CCn1c(CC(=O)Nc2ccccc2CC)nnc1SCC(=O)Nc1ccc(Br)cc1. The van der Waals surface area contributed by atoms with E-state index in [-0.39, 0.29) is 24.0 Å². The standard InChI is InChI=1S/C23H24BrN5O2S/c1-3-13-29-20(14-21(30)26-19-8-6-5-7-16(19)4-2)27-28-23(29)32-15-22(31)25-18-11-9-17(24)10-12-18/h3,5-12H,1,4,13-15H2,2H3,(H,25,31)(H,26,30). The molecule has 2 amide bonds. The van der Waals surface area contributed by atoms with Gasteiger partial charge in [0.05, 0.1) is 12.2 Å². The van der Waals surface area contributed by atoms with Crippen LogP contribution in [0.2, 0.25) is 0 Å². The number of aryl methyl sites for hydroxylation is 1. The summed E-state index contributed by atoms with van der Waals surface area (Å²) < 4.78 is 2.74. The number of hydrogen-bond acceptors (Lipinski definition) is 5. The van der Waals surface area contributed by atoms with Crippen LogP contribution < -0.4 is 10.6 Å². The number of nitrogens with zero attached hydrogens (tertiary/aromatic N) is 3. The van der Waals surface area contributed by atoms with Crippen LogP contribution in [0, 0.1) is 0 Å². The summed E-state index contributed by atoms with van der Waals surface area (Å²) in [5.41, 5.74) is 2.59. The van der Waals surface area contributed by atoms with Crippen LogP contribution in [0.4, 0.5) is 11.4 Å². The monoisotopic (exact) mass is 513 g/mol. The fourth-order valence-electron chi connectivity index (χ4n) is 3.02. The van der Waals surface area contributed by atoms with Gasteiger partial charge in [-0.2, -0.15) is 0 Å². The quantitative estimate of drug-likeness (QED) is 0.303. The van der Waals surface area contributed by atoms with Crippen LogP contribution in [-0.2, 0) is 29.0 Å². The number of benzene rings is 2. The second-order valence-electron chi connectivity index (χ2n) is 6.88. The first-order chi connectivity index (χ1) is 15.5. The number of halogens is 1.